The van der Waals surface area contributed by atoms with Gasteiger partial charge in [-0.2, -0.15) is 0 Å². The normalized spacial score (nSPS) is 38.9. The largest absolute Gasteiger partial charge is 0.458 e. The molecular formula is C21H30O6. The molecule has 0 radical (unpaired) electrons. The van der Waals surface area contributed by atoms with E-state index in [1.807, 2.05) is 0 Å². The van der Waals surface area contributed by atoms with Gasteiger partial charge in [-0.3, -0.25) is 4.79 Å². The van der Waals surface area contributed by atoms with Crippen LogP contribution in [0.15, 0.2) is 12.2 Å². The topological polar surface area (TPSA) is 82.1 Å². The molecular weight excluding hydrogens is 348 g/mol. The highest BCUT2D eigenvalue weighted by Crippen LogP contribution is 2.69. The lowest BCUT2D eigenvalue weighted by Gasteiger charge is -2.46. The smallest absolute Gasteiger partial charge is 0.333 e. The van der Waals surface area contributed by atoms with Crippen LogP contribution in [0.25, 0.3) is 0 Å². The van der Waals surface area contributed by atoms with Crippen LogP contribution in [0.3, 0.4) is 0 Å². The average molecular weight is 378 g/mol. The van der Waals surface area contributed by atoms with Crippen LogP contribution >= 0.6 is 0 Å². The number of aliphatic hydroxyl groups is 1. The first kappa shape index (κ1) is 18.9. The molecule has 1 aliphatic heterocycles. The van der Waals surface area contributed by atoms with Crippen LogP contribution in [-0.4, -0.2) is 47.1 Å². The van der Waals surface area contributed by atoms with Gasteiger partial charge in [-0.05, 0) is 46.5 Å². The summed E-state index contributed by atoms with van der Waals surface area (Å²) in [5.74, 6) is -0.503. The third kappa shape index (κ3) is 2.67. The van der Waals surface area contributed by atoms with Gasteiger partial charge >= 0.3 is 11.9 Å². The van der Waals surface area contributed by atoms with Crippen LogP contribution < -0.4 is 0 Å². The van der Waals surface area contributed by atoms with E-state index in [4.69, 9.17) is 14.2 Å². The van der Waals surface area contributed by atoms with Crippen LogP contribution in [0, 0.1) is 17.3 Å². The molecule has 3 saturated carbocycles. The Labute approximate surface area is 160 Å². The molecule has 4 aliphatic rings. The predicted octanol–water partition coefficient (Wildman–Crippen LogP) is 2.53. The highest BCUT2D eigenvalue weighted by molar-refractivity contribution is 5.87. The first-order valence-electron chi connectivity index (χ1n) is 10.0. The predicted molar refractivity (Wildman–Crippen MR) is 96.7 cm³/mol. The van der Waals surface area contributed by atoms with Crippen LogP contribution in [0.4, 0.5) is 0 Å². The molecule has 1 heterocycles. The van der Waals surface area contributed by atoms with Gasteiger partial charge in [-0.1, -0.05) is 19.4 Å². The molecule has 0 spiro atoms. The van der Waals surface area contributed by atoms with Gasteiger partial charge in [-0.15, -0.1) is 0 Å². The molecule has 0 aromatic carbocycles. The summed E-state index contributed by atoms with van der Waals surface area (Å²) in [5.41, 5.74) is -1.85. The van der Waals surface area contributed by atoms with Crippen molar-refractivity contribution in [2.45, 2.75) is 82.7 Å². The summed E-state index contributed by atoms with van der Waals surface area (Å²) in [7, 11) is 0. The summed E-state index contributed by atoms with van der Waals surface area (Å²) < 4.78 is 17.8. The fraction of sp³-hybridized carbons (Fsp3) is 0.810. The van der Waals surface area contributed by atoms with Crippen molar-refractivity contribution >= 4 is 11.9 Å². The molecule has 1 N–H and O–H groups in total. The molecule has 1 saturated heterocycles. The van der Waals surface area contributed by atoms with Gasteiger partial charge in [0, 0.05) is 17.4 Å². The zero-order chi connectivity index (χ0) is 19.6. The Morgan fingerprint density at radius 2 is 2.04 bits per heavy atom. The Bertz CT molecular complexity index is 671. The third-order valence-corrected chi connectivity index (χ3v) is 7.08. The zero-order valence-corrected chi connectivity index (χ0v) is 16.5. The van der Waals surface area contributed by atoms with Crippen molar-refractivity contribution in [1.82, 2.24) is 0 Å². The Morgan fingerprint density at radius 1 is 1.37 bits per heavy atom. The minimum atomic E-state index is -0.953. The van der Waals surface area contributed by atoms with E-state index < -0.39 is 22.6 Å². The molecule has 5 unspecified atom stereocenters. The maximum Gasteiger partial charge on any atom is 0.333 e. The van der Waals surface area contributed by atoms with E-state index in [2.05, 4.69) is 6.58 Å². The third-order valence-electron chi connectivity index (χ3n) is 7.08. The minimum Gasteiger partial charge on any atom is -0.458 e. The molecule has 150 valence electrons. The van der Waals surface area contributed by atoms with Crippen LogP contribution in [0.2, 0.25) is 0 Å². The van der Waals surface area contributed by atoms with E-state index in [9.17, 15) is 14.7 Å². The molecule has 27 heavy (non-hydrogen) atoms. The van der Waals surface area contributed by atoms with Crippen LogP contribution in [0.1, 0.15) is 59.3 Å². The van der Waals surface area contributed by atoms with E-state index in [-0.39, 0.29) is 36.6 Å². The highest BCUT2D eigenvalue weighted by Gasteiger charge is 2.78. The number of esters is 2. The Morgan fingerprint density at radius 3 is 2.63 bits per heavy atom. The monoisotopic (exact) mass is 378 g/mol. The number of ether oxygens (including phenoxy) is 3. The second-order valence-electron chi connectivity index (χ2n) is 9.60. The van der Waals surface area contributed by atoms with Gasteiger partial charge < -0.3 is 19.3 Å². The second kappa shape index (κ2) is 6.05. The maximum atomic E-state index is 13.2. The van der Waals surface area contributed by atoms with E-state index in [0.29, 0.717) is 12.0 Å². The van der Waals surface area contributed by atoms with Crippen molar-refractivity contribution in [3.8, 4) is 0 Å². The van der Waals surface area contributed by atoms with Gasteiger partial charge in [0.2, 0.25) is 0 Å². The first-order valence-corrected chi connectivity index (χ1v) is 10.0. The fourth-order valence-corrected chi connectivity index (χ4v) is 6.03. The van der Waals surface area contributed by atoms with Gasteiger partial charge in [0.1, 0.15) is 17.6 Å². The highest BCUT2D eigenvalue weighted by atomic mass is 16.6. The summed E-state index contributed by atoms with van der Waals surface area (Å²) in [5, 5.41) is 10.2. The van der Waals surface area contributed by atoms with Crippen molar-refractivity contribution in [2.75, 3.05) is 6.61 Å². The SMILES string of the molecule is C=C(C)C(=O)OC1C2CC3C1OC(=O)C3(C1(OCC(C)(C)O)CCCC1)C2. The molecule has 4 rings (SSSR count). The lowest BCUT2D eigenvalue weighted by atomic mass is 9.61. The molecule has 0 aromatic rings. The fourth-order valence-electron chi connectivity index (χ4n) is 6.03. The number of carbonyl (C=O) groups excluding carboxylic acids is 2. The average Bonchev–Trinajstić information content (AvgIpc) is 3.29. The van der Waals surface area contributed by atoms with Gasteiger partial charge in [-0.25, -0.2) is 4.79 Å². The summed E-state index contributed by atoms with van der Waals surface area (Å²) in [6.07, 6.45) is 4.32. The standard InChI is InChI=1S/C21H30O6/c1-12(2)17(22)26-15-13-9-14-16(15)27-18(23)21(14,10-13)20(7-5-6-8-20)25-11-19(3,4)24/h13-16,24H,1,5-11H2,2-4H3. The van der Waals surface area contributed by atoms with Crippen molar-refractivity contribution in [1.29, 1.82) is 0 Å². The number of fused-ring (bicyclic) bond motifs is 1. The van der Waals surface area contributed by atoms with Gasteiger partial charge in [0.05, 0.1) is 17.8 Å². The van der Waals surface area contributed by atoms with E-state index >= 15 is 0 Å². The lowest BCUT2D eigenvalue weighted by Crippen LogP contribution is -2.56. The lowest BCUT2D eigenvalue weighted by molar-refractivity contribution is -0.187. The molecule has 0 aromatic heterocycles. The van der Waals surface area contributed by atoms with Crippen LogP contribution in [0.5, 0.6) is 0 Å². The molecule has 5 atom stereocenters. The Hall–Kier alpha value is -1.40. The molecule has 3 aliphatic carbocycles. The Balaban J connectivity index is 1.62. The first-order chi connectivity index (χ1) is 12.6. The van der Waals surface area contributed by atoms with Gasteiger partial charge in [0.15, 0.2) is 0 Å². The molecule has 6 nitrogen and oxygen atoms in total. The van der Waals surface area contributed by atoms with Crippen molar-refractivity contribution in [3.63, 3.8) is 0 Å². The van der Waals surface area contributed by atoms with E-state index in [0.717, 1.165) is 32.1 Å². The quantitative estimate of drug-likeness (QED) is 0.565. The number of carbonyl (C=O) groups is 2. The van der Waals surface area contributed by atoms with Crippen LogP contribution in [-0.2, 0) is 23.8 Å². The minimum absolute atomic E-state index is 0.0119. The zero-order valence-electron chi connectivity index (χ0n) is 16.5. The van der Waals surface area contributed by atoms with Crippen molar-refractivity contribution in [2.24, 2.45) is 17.3 Å². The van der Waals surface area contributed by atoms with E-state index in [1.165, 1.54) is 0 Å². The number of rotatable bonds is 6. The van der Waals surface area contributed by atoms with Gasteiger partial charge in [0.25, 0.3) is 0 Å². The number of hydrogen-bond donors (Lipinski definition) is 1. The van der Waals surface area contributed by atoms with Crippen molar-refractivity contribution < 1.29 is 28.9 Å². The maximum absolute atomic E-state index is 13.2. The van der Waals surface area contributed by atoms with E-state index in [1.54, 1.807) is 20.8 Å². The molecule has 6 heteroatoms. The second-order valence-corrected chi connectivity index (χ2v) is 9.60. The summed E-state index contributed by atoms with van der Waals surface area (Å²) in [6, 6.07) is 0. The summed E-state index contributed by atoms with van der Waals surface area (Å²) in [4.78, 5) is 25.2. The molecule has 2 bridgehead atoms. The Kier molecular flexibility index (Phi) is 4.24. The molecule has 4 fully saturated rings. The summed E-state index contributed by atoms with van der Waals surface area (Å²) in [6.45, 7) is 8.90. The number of hydrogen-bond acceptors (Lipinski definition) is 6. The van der Waals surface area contributed by atoms with Crippen molar-refractivity contribution in [3.05, 3.63) is 12.2 Å². The summed E-state index contributed by atoms with van der Waals surface area (Å²) >= 11 is 0. The molecule has 0 amide bonds.